The highest BCUT2D eigenvalue weighted by Crippen LogP contribution is 2.38. The molecular weight excluding hydrogens is 356 g/mol. The van der Waals surface area contributed by atoms with E-state index < -0.39 is 0 Å². The molecule has 2 aromatic rings. The van der Waals surface area contributed by atoms with Gasteiger partial charge in [0.15, 0.2) is 4.77 Å². The van der Waals surface area contributed by atoms with Crippen molar-refractivity contribution in [2.24, 2.45) is 13.0 Å². The summed E-state index contributed by atoms with van der Waals surface area (Å²) in [5.41, 5.74) is 1.41. The maximum atomic E-state index is 5.59. The van der Waals surface area contributed by atoms with E-state index in [1.807, 2.05) is 4.68 Å². The van der Waals surface area contributed by atoms with E-state index in [2.05, 4.69) is 40.8 Å². The third-order valence-electron chi connectivity index (χ3n) is 6.06. The average Bonchev–Trinajstić information content (AvgIpc) is 3.51. The molecule has 0 spiro atoms. The molecule has 1 aromatic heterocycles. The number of hydrogen-bond donors (Lipinski definition) is 0. The molecule has 1 aliphatic carbocycles. The van der Waals surface area contributed by atoms with Crippen LogP contribution in [0.4, 0.5) is 0 Å². The molecular formula is C21H30N4OS. The Morgan fingerprint density at radius 3 is 2.44 bits per heavy atom. The Bertz CT molecular complexity index is 814. The van der Waals surface area contributed by atoms with Crippen molar-refractivity contribution in [3.8, 4) is 5.75 Å². The summed E-state index contributed by atoms with van der Waals surface area (Å²) in [7, 11) is 3.78. The van der Waals surface area contributed by atoms with Crippen molar-refractivity contribution in [1.29, 1.82) is 0 Å². The van der Waals surface area contributed by atoms with Crippen LogP contribution in [-0.2, 0) is 20.1 Å². The Kier molecular flexibility index (Phi) is 5.64. The number of likely N-dealkylation sites (tertiary alicyclic amines) is 1. The Balaban J connectivity index is 1.25. The smallest absolute Gasteiger partial charge is 0.198 e. The van der Waals surface area contributed by atoms with Crippen molar-refractivity contribution in [2.75, 3.05) is 20.2 Å². The Morgan fingerprint density at radius 2 is 1.81 bits per heavy atom. The molecule has 146 valence electrons. The molecule has 4 rings (SSSR count). The van der Waals surface area contributed by atoms with Crippen molar-refractivity contribution in [2.45, 2.75) is 51.1 Å². The highest BCUT2D eigenvalue weighted by molar-refractivity contribution is 7.71. The average molecular weight is 387 g/mol. The standard InChI is InChI=1S/C21H30N4OS/c1-23-20(18-7-8-18)22-25(21(23)27)15-24-13-11-17(12-14-24)4-3-16-5-9-19(26-2)10-6-16/h5-6,9-10,17-18H,3-4,7-8,11-15H2,1-2H3. The van der Waals surface area contributed by atoms with Crippen LogP contribution < -0.4 is 4.74 Å². The quantitative estimate of drug-likeness (QED) is 0.670. The topological polar surface area (TPSA) is 35.2 Å². The van der Waals surface area contributed by atoms with Gasteiger partial charge in [0, 0.05) is 26.1 Å². The van der Waals surface area contributed by atoms with Crippen molar-refractivity contribution in [3.63, 3.8) is 0 Å². The molecule has 1 aliphatic heterocycles. The number of aryl methyl sites for hydroxylation is 1. The summed E-state index contributed by atoms with van der Waals surface area (Å²) in [4.78, 5) is 2.50. The summed E-state index contributed by atoms with van der Waals surface area (Å²) in [6.45, 7) is 3.12. The fourth-order valence-electron chi connectivity index (χ4n) is 4.06. The molecule has 5 nitrogen and oxygen atoms in total. The fourth-order valence-corrected chi connectivity index (χ4v) is 4.25. The van der Waals surface area contributed by atoms with Gasteiger partial charge in [-0.15, -0.1) is 0 Å². The molecule has 2 fully saturated rings. The van der Waals surface area contributed by atoms with Gasteiger partial charge in [-0.05, 0) is 74.4 Å². The summed E-state index contributed by atoms with van der Waals surface area (Å²) in [6.07, 6.45) is 7.50. The molecule has 0 N–H and O–H groups in total. The van der Waals surface area contributed by atoms with E-state index in [0.29, 0.717) is 5.92 Å². The lowest BCUT2D eigenvalue weighted by Gasteiger charge is -2.31. The van der Waals surface area contributed by atoms with Gasteiger partial charge in [-0.1, -0.05) is 12.1 Å². The van der Waals surface area contributed by atoms with Crippen LogP contribution in [0.2, 0.25) is 0 Å². The van der Waals surface area contributed by atoms with Gasteiger partial charge < -0.3 is 9.30 Å². The fraction of sp³-hybridized carbons (Fsp3) is 0.619. The normalized spacial score (nSPS) is 18.7. The van der Waals surface area contributed by atoms with Gasteiger partial charge in [0.25, 0.3) is 0 Å². The molecule has 0 amide bonds. The maximum absolute atomic E-state index is 5.59. The second-order valence-electron chi connectivity index (χ2n) is 8.06. The second kappa shape index (κ2) is 8.15. The molecule has 2 aliphatic rings. The molecule has 0 bridgehead atoms. The number of methoxy groups -OCH3 is 1. The molecule has 0 unspecified atom stereocenters. The largest absolute Gasteiger partial charge is 0.497 e. The van der Waals surface area contributed by atoms with Crippen LogP contribution in [-0.4, -0.2) is 39.4 Å². The predicted octanol–water partition coefficient (Wildman–Crippen LogP) is 4.14. The maximum Gasteiger partial charge on any atom is 0.198 e. The van der Waals surface area contributed by atoms with Crippen LogP contribution in [0.3, 0.4) is 0 Å². The minimum absolute atomic E-state index is 0.640. The molecule has 0 radical (unpaired) electrons. The van der Waals surface area contributed by atoms with Crippen LogP contribution in [0.5, 0.6) is 5.75 Å². The zero-order valence-electron chi connectivity index (χ0n) is 16.4. The van der Waals surface area contributed by atoms with E-state index in [-0.39, 0.29) is 0 Å². The van der Waals surface area contributed by atoms with E-state index in [1.165, 1.54) is 43.5 Å². The number of rotatable bonds is 7. The Hall–Kier alpha value is -1.66. The lowest BCUT2D eigenvalue weighted by atomic mass is 9.91. The van der Waals surface area contributed by atoms with E-state index in [9.17, 15) is 0 Å². The van der Waals surface area contributed by atoms with E-state index in [1.54, 1.807) is 7.11 Å². The second-order valence-corrected chi connectivity index (χ2v) is 8.43. The van der Waals surface area contributed by atoms with Crippen LogP contribution in [0.25, 0.3) is 0 Å². The summed E-state index contributed by atoms with van der Waals surface area (Å²) < 4.78 is 10.2. The third-order valence-corrected chi connectivity index (χ3v) is 6.54. The van der Waals surface area contributed by atoms with Gasteiger partial charge in [-0.2, -0.15) is 5.10 Å². The van der Waals surface area contributed by atoms with Gasteiger partial charge in [-0.3, -0.25) is 4.90 Å². The van der Waals surface area contributed by atoms with Gasteiger partial charge in [-0.25, -0.2) is 4.68 Å². The Labute approximate surface area is 166 Å². The van der Waals surface area contributed by atoms with Gasteiger partial charge in [0.05, 0.1) is 13.8 Å². The number of aromatic nitrogens is 3. The summed E-state index contributed by atoms with van der Waals surface area (Å²) in [6, 6.07) is 8.50. The van der Waals surface area contributed by atoms with Gasteiger partial charge >= 0.3 is 0 Å². The van der Waals surface area contributed by atoms with Gasteiger partial charge in [0.2, 0.25) is 0 Å². The van der Waals surface area contributed by atoms with Gasteiger partial charge in [0.1, 0.15) is 11.6 Å². The predicted molar refractivity (Wildman–Crippen MR) is 110 cm³/mol. The minimum atomic E-state index is 0.640. The van der Waals surface area contributed by atoms with E-state index >= 15 is 0 Å². The van der Waals surface area contributed by atoms with Crippen molar-refractivity contribution in [3.05, 3.63) is 40.4 Å². The highest BCUT2D eigenvalue weighted by Gasteiger charge is 2.29. The third kappa shape index (κ3) is 4.43. The minimum Gasteiger partial charge on any atom is -0.497 e. The number of nitrogens with zero attached hydrogens (tertiary/aromatic N) is 4. The number of hydrogen-bond acceptors (Lipinski definition) is 4. The van der Waals surface area contributed by atoms with E-state index in [0.717, 1.165) is 42.6 Å². The monoisotopic (exact) mass is 386 g/mol. The van der Waals surface area contributed by atoms with Crippen LogP contribution in [0.1, 0.15) is 49.4 Å². The molecule has 27 heavy (non-hydrogen) atoms. The van der Waals surface area contributed by atoms with Crippen molar-refractivity contribution < 1.29 is 4.74 Å². The molecule has 2 heterocycles. The summed E-state index contributed by atoms with van der Waals surface area (Å²) >= 11 is 5.59. The lowest BCUT2D eigenvalue weighted by Crippen LogP contribution is -2.35. The molecule has 0 atom stereocenters. The number of benzene rings is 1. The first-order valence-electron chi connectivity index (χ1n) is 10.1. The first kappa shape index (κ1) is 18.7. The van der Waals surface area contributed by atoms with Crippen LogP contribution in [0.15, 0.2) is 24.3 Å². The molecule has 1 aromatic carbocycles. The summed E-state index contributed by atoms with van der Waals surface area (Å²) in [5, 5.41) is 4.80. The number of ether oxygens (including phenoxy) is 1. The summed E-state index contributed by atoms with van der Waals surface area (Å²) in [5.74, 6) is 3.57. The zero-order valence-corrected chi connectivity index (χ0v) is 17.2. The zero-order chi connectivity index (χ0) is 18.8. The van der Waals surface area contributed by atoms with Crippen molar-refractivity contribution >= 4 is 12.2 Å². The number of piperidine rings is 1. The van der Waals surface area contributed by atoms with Crippen LogP contribution in [0, 0.1) is 10.7 Å². The van der Waals surface area contributed by atoms with Crippen LogP contribution >= 0.6 is 12.2 Å². The first-order chi connectivity index (χ1) is 13.1. The molecule has 6 heteroatoms. The lowest BCUT2D eigenvalue weighted by molar-refractivity contribution is 0.136. The Morgan fingerprint density at radius 1 is 1.11 bits per heavy atom. The first-order valence-corrected chi connectivity index (χ1v) is 10.5. The van der Waals surface area contributed by atoms with Crippen molar-refractivity contribution in [1.82, 2.24) is 19.2 Å². The molecule has 1 saturated carbocycles. The SMILES string of the molecule is COc1ccc(CCC2CCN(Cn3nc(C4CC4)n(C)c3=S)CC2)cc1. The van der Waals surface area contributed by atoms with E-state index in [4.69, 9.17) is 22.1 Å². The highest BCUT2D eigenvalue weighted by atomic mass is 32.1. The molecule has 1 saturated heterocycles.